The largest absolute Gasteiger partial charge is 0.390 e. The van der Waals surface area contributed by atoms with Gasteiger partial charge in [0, 0.05) is 26.7 Å². The molecule has 3 N–H and O–H groups in total. The van der Waals surface area contributed by atoms with Crippen LogP contribution in [0, 0.1) is 5.92 Å². The lowest BCUT2D eigenvalue weighted by Gasteiger charge is -2.39. The van der Waals surface area contributed by atoms with Crippen LogP contribution in [0.2, 0.25) is 0 Å². The molecule has 0 aromatic carbocycles. The quantitative estimate of drug-likeness (QED) is 0.249. The first-order valence-electron chi connectivity index (χ1n) is 7.81. The van der Waals surface area contributed by atoms with Crippen molar-refractivity contribution in [2.24, 2.45) is 10.9 Å². The van der Waals surface area contributed by atoms with Crippen LogP contribution in [0.25, 0.3) is 0 Å². The summed E-state index contributed by atoms with van der Waals surface area (Å²) in [6.07, 6.45) is -3.87. The number of carbonyl (C=O) groups is 2. The maximum Gasteiger partial charge on any atom is 0.390 e. The average Bonchev–Trinajstić information content (AvgIpc) is 2.76. The normalized spacial score (nSPS) is 25.3. The topological polar surface area (TPSA) is 85.8 Å². The fourth-order valence-electron chi connectivity index (χ4n) is 3.16. The van der Waals surface area contributed by atoms with Crippen LogP contribution < -0.4 is 16.0 Å². The molecule has 144 valence electrons. The van der Waals surface area contributed by atoms with Crippen molar-refractivity contribution in [2.45, 2.75) is 37.9 Å². The molecule has 0 aromatic heterocycles. The highest BCUT2D eigenvalue weighted by atomic mass is 127. The number of halogens is 4. The zero-order chi connectivity index (χ0) is 18.0. The van der Waals surface area contributed by atoms with E-state index < -0.39 is 24.2 Å². The van der Waals surface area contributed by atoms with Gasteiger partial charge in [0.15, 0.2) is 5.96 Å². The number of amides is 3. The van der Waals surface area contributed by atoms with Crippen molar-refractivity contribution in [2.75, 3.05) is 26.7 Å². The van der Waals surface area contributed by atoms with Crippen LogP contribution in [0.15, 0.2) is 4.99 Å². The standard InChI is InChI=1S/C14H22F3N5O2.HI/c1-13(10(23)20-12(24)21-13)9-3-7-22(8-4-9)11(18-2)19-6-5-14(15,16)17;/h9H,3-8H2,1-2H3,(H,18,19)(H2,20,21,23,24);1H. The Hall–Kier alpha value is -1.27. The monoisotopic (exact) mass is 477 g/mol. The molecule has 0 aromatic rings. The smallest absolute Gasteiger partial charge is 0.356 e. The second-order valence-corrected chi connectivity index (χ2v) is 6.21. The first kappa shape index (κ1) is 21.8. The van der Waals surface area contributed by atoms with E-state index in [1.54, 1.807) is 6.92 Å². The number of guanidine groups is 1. The molecule has 1 atom stereocenters. The molecule has 1 unspecified atom stereocenters. The van der Waals surface area contributed by atoms with Crippen LogP contribution in [0.4, 0.5) is 18.0 Å². The van der Waals surface area contributed by atoms with Gasteiger partial charge < -0.3 is 15.5 Å². The van der Waals surface area contributed by atoms with Crippen molar-refractivity contribution in [3.05, 3.63) is 0 Å². The highest BCUT2D eigenvalue weighted by Crippen LogP contribution is 2.30. The maximum atomic E-state index is 12.2. The zero-order valence-corrected chi connectivity index (χ0v) is 16.4. The number of imide groups is 1. The number of nitrogens with zero attached hydrogens (tertiary/aromatic N) is 2. The van der Waals surface area contributed by atoms with Gasteiger partial charge in [0.05, 0.1) is 6.42 Å². The molecule has 0 radical (unpaired) electrons. The van der Waals surface area contributed by atoms with Crippen molar-refractivity contribution in [3.63, 3.8) is 0 Å². The van der Waals surface area contributed by atoms with Crippen molar-refractivity contribution in [3.8, 4) is 0 Å². The minimum atomic E-state index is -4.21. The Morgan fingerprint density at radius 2 is 1.96 bits per heavy atom. The summed E-state index contributed by atoms with van der Waals surface area (Å²) in [7, 11) is 1.52. The second-order valence-electron chi connectivity index (χ2n) is 6.21. The number of hydrogen-bond acceptors (Lipinski definition) is 3. The van der Waals surface area contributed by atoms with E-state index in [2.05, 4.69) is 20.9 Å². The molecule has 2 aliphatic rings. The molecule has 0 bridgehead atoms. The summed E-state index contributed by atoms with van der Waals surface area (Å²) in [4.78, 5) is 29.2. The van der Waals surface area contributed by atoms with Crippen LogP contribution in [-0.2, 0) is 4.79 Å². The SMILES string of the molecule is CN=C(NCCC(F)(F)F)N1CCC(C2(C)NC(=O)NC2=O)CC1.I. The molecule has 2 fully saturated rings. The Kier molecular flexibility index (Phi) is 7.32. The summed E-state index contributed by atoms with van der Waals surface area (Å²) in [6, 6.07) is -0.491. The van der Waals surface area contributed by atoms with Gasteiger partial charge in [-0.25, -0.2) is 4.79 Å². The van der Waals surface area contributed by atoms with E-state index in [1.165, 1.54) is 7.05 Å². The molecule has 3 amide bonds. The molecule has 2 heterocycles. The Bertz CT molecular complexity index is 535. The molecule has 0 spiro atoms. The first-order chi connectivity index (χ1) is 11.2. The van der Waals surface area contributed by atoms with Crippen molar-refractivity contribution >= 4 is 41.9 Å². The van der Waals surface area contributed by atoms with Gasteiger partial charge in [0.2, 0.25) is 0 Å². The number of piperidine rings is 1. The molecule has 0 saturated carbocycles. The van der Waals surface area contributed by atoms with Gasteiger partial charge in [-0.3, -0.25) is 15.1 Å². The molecule has 7 nitrogen and oxygen atoms in total. The number of likely N-dealkylation sites (tertiary alicyclic amines) is 1. The summed E-state index contributed by atoms with van der Waals surface area (Å²) >= 11 is 0. The third kappa shape index (κ3) is 5.35. The average molecular weight is 477 g/mol. The number of alkyl halides is 3. The molecule has 2 rings (SSSR count). The van der Waals surface area contributed by atoms with Crippen LogP contribution in [0.1, 0.15) is 26.2 Å². The van der Waals surface area contributed by atoms with Gasteiger partial charge in [-0.2, -0.15) is 13.2 Å². The van der Waals surface area contributed by atoms with E-state index in [0.717, 1.165) is 0 Å². The van der Waals surface area contributed by atoms with Gasteiger partial charge in [-0.05, 0) is 25.7 Å². The molecule has 11 heteroatoms. The minimum absolute atomic E-state index is 0. The summed E-state index contributed by atoms with van der Waals surface area (Å²) in [5.74, 6) is 0.0508. The van der Waals surface area contributed by atoms with Gasteiger partial charge in [-0.15, -0.1) is 24.0 Å². The summed E-state index contributed by atoms with van der Waals surface area (Å²) < 4.78 is 36.7. The lowest BCUT2D eigenvalue weighted by Crippen LogP contribution is -2.55. The van der Waals surface area contributed by atoms with Crippen LogP contribution in [0.3, 0.4) is 0 Å². The van der Waals surface area contributed by atoms with Crippen LogP contribution in [-0.4, -0.2) is 61.2 Å². The number of urea groups is 1. The number of aliphatic imine (C=N–C) groups is 1. The molecular formula is C14H23F3IN5O2. The predicted octanol–water partition coefficient (Wildman–Crippen LogP) is 1.44. The van der Waals surface area contributed by atoms with E-state index in [0.29, 0.717) is 31.9 Å². The molecule has 2 aliphatic heterocycles. The number of hydrogen-bond donors (Lipinski definition) is 3. The highest BCUT2D eigenvalue weighted by molar-refractivity contribution is 14.0. The zero-order valence-electron chi connectivity index (χ0n) is 14.1. The predicted molar refractivity (Wildman–Crippen MR) is 96.8 cm³/mol. The third-order valence-electron chi connectivity index (χ3n) is 4.59. The Morgan fingerprint density at radius 3 is 2.40 bits per heavy atom. The molecule has 25 heavy (non-hydrogen) atoms. The number of carbonyl (C=O) groups excluding carboxylic acids is 2. The summed E-state index contributed by atoms with van der Waals surface area (Å²) in [5.41, 5.74) is -0.934. The van der Waals surface area contributed by atoms with E-state index in [-0.39, 0.29) is 42.3 Å². The highest BCUT2D eigenvalue weighted by Gasteiger charge is 2.48. The Balaban J connectivity index is 0.00000312. The van der Waals surface area contributed by atoms with E-state index in [4.69, 9.17) is 0 Å². The number of nitrogens with one attached hydrogen (secondary N) is 3. The summed E-state index contributed by atoms with van der Waals surface area (Å²) in [5, 5.41) is 7.63. The molecule has 2 saturated heterocycles. The van der Waals surface area contributed by atoms with Gasteiger partial charge in [0.1, 0.15) is 5.54 Å². The van der Waals surface area contributed by atoms with E-state index >= 15 is 0 Å². The Morgan fingerprint density at radius 1 is 1.36 bits per heavy atom. The minimum Gasteiger partial charge on any atom is -0.356 e. The van der Waals surface area contributed by atoms with Crippen molar-refractivity contribution in [1.82, 2.24) is 20.9 Å². The fraction of sp³-hybridized carbons (Fsp3) is 0.786. The fourth-order valence-corrected chi connectivity index (χ4v) is 3.16. The Labute approximate surface area is 161 Å². The number of rotatable bonds is 3. The van der Waals surface area contributed by atoms with Gasteiger partial charge in [0.25, 0.3) is 5.91 Å². The second kappa shape index (κ2) is 8.41. The van der Waals surface area contributed by atoms with Gasteiger partial charge >= 0.3 is 12.2 Å². The van der Waals surface area contributed by atoms with Gasteiger partial charge in [-0.1, -0.05) is 0 Å². The van der Waals surface area contributed by atoms with E-state index in [1.807, 2.05) is 4.90 Å². The summed E-state index contributed by atoms with van der Waals surface area (Å²) in [6.45, 7) is 2.57. The van der Waals surface area contributed by atoms with Crippen molar-refractivity contribution in [1.29, 1.82) is 0 Å². The first-order valence-corrected chi connectivity index (χ1v) is 7.81. The lowest BCUT2D eigenvalue weighted by atomic mass is 9.79. The van der Waals surface area contributed by atoms with Crippen LogP contribution >= 0.6 is 24.0 Å². The van der Waals surface area contributed by atoms with E-state index in [9.17, 15) is 22.8 Å². The van der Waals surface area contributed by atoms with Crippen LogP contribution in [0.5, 0.6) is 0 Å². The maximum absolute atomic E-state index is 12.2. The lowest BCUT2D eigenvalue weighted by molar-refractivity contribution is -0.132. The molecule has 0 aliphatic carbocycles. The van der Waals surface area contributed by atoms with Crippen molar-refractivity contribution < 1.29 is 22.8 Å². The third-order valence-corrected chi connectivity index (χ3v) is 4.59. The molecular weight excluding hydrogens is 454 g/mol.